The van der Waals surface area contributed by atoms with Crippen LogP contribution in [0.15, 0.2) is 84.9 Å². The van der Waals surface area contributed by atoms with Gasteiger partial charge in [0.05, 0.1) is 5.69 Å². The lowest BCUT2D eigenvalue weighted by atomic mass is 9.81. The molecule has 0 radical (unpaired) electrons. The van der Waals surface area contributed by atoms with Gasteiger partial charge in [-0.2, -0.15) is 0 Å². The van der Waals surface area contributed by atoms with Crippen LogP contribution in [0.2, 0.25) is 0 Å². The van der Waals surface area contributed by atoms with Crippen LogP contribution in [0.25, 0.3) is 22.3 Å². The molecule has 0 unspecified atom stereocenters. The summed E-state index contributed by atoms with van der Waals surface area (Å²) in [6, 6.07) is 30.8. The van der Waals surface area contributed by atoms with Gasteiger partial charge >= 0.3 is 0 Å². The topological polar surface area (TPSA) is 3.24 Å². The molecular formula is C37H39N. The van der Waals surface area contributed by atoms with E-state index >= 15 is 0 Å². The molecule has 0 bridgehead atoms. The summed E-state index contributed by atoms with van der Waals surface area (Å²) in [5, 5.41) is 0. The van der Waals surface area contributed by atoms with E-state index in [1.165, 1.54) is 27.8 Å². The van der Waals surface area contributed by atoms with E-state index in [4.69, 9.17) is 0 Å². The number of para-hydroxylation sites is 1. The molecule has 192 valence electrons. The Morgan fingerprint density at radius 2 is 1.32 bits per heavy atom. The number of fused-ring (bicyclic) bond motifs is 3. The minimum Gasteiger partial charge on any atom is -0.335 e. The van der Waals surface area contributed by atoms with E-state index in [0.717, 1.165) is 53.7 Å². The summed E-state index contributed by atoms with van der Waals surface area (Å²) < 4.78 is 18.8. The number of anilines is 2. The number of rotatable bonds is 5. The molecule has 0 aliphatic heterocycles. The average Bonchev–Trinajstić information content (AvgIpc) is 3.85. The molecule has 0 atom stereocenters. The van der Waals surface area contributed by atoms with Crippen molar-refractivity contribution in [3.05, 3.63) is 107 Å². The third-order valence-electron chi connectivity index (χ3n) is 8.72. The second kappa shape index (κ2) is 8.34. The lowest BCUT2D eigenvalue weighted by molar-refractivity contribution is 0.557. The summed E-state index contributed by atoms with van der Waals surface area (Å²) in [5.41, 5.74) is 11.7. The molecular weight excluding hydrogens is 458 g/mol. The SMILES string of the molecule is [2H]C1(c2cc3c(cc2N(c2c(-c4ccccc4)cccc2C2([2H])CC2)C(C)(C)C)-c2ccccc2C3(C)C)CC1. The van der Waals surface area contributed by atoms with Crippen molar-refractivity contribution >= 4 is 11.4 Å². The maximum absolute atomic E-state index is 9.48. The zero-order chi connectivity index (χ0) is 28.1. The monoisotopic (exact) mass is 499 g/mol. The van der Waals surface area contributed by atoms with Crippen LogP contribution in [0.5, 0.6) is 0 Å². The molecule has 1 heteroatoms. The van der Waals surface area contributed by atoms with Gasteiger partial charge in [0.25, 0.3) is 0 Å². The first-order chi connectivity index (χ1) is 18.9. The van der Waals surface area contributed by atoms with Gasteiger partial charge in [0.2, 0.25) is 0 Å². The highest BCUT2D eigenvalue weighted by molar-refractivity contribution is 5.91. The Kier molecular flexibility index (Phi) is 4.74. The predicted molar refractivity (Wildman–Crippen MR) is 162 cm³/mol. The molecule has 0 amide bonds. The third kappa shape index (κ3) is 3.74. The highest BCUT2D eigenvalue weighted by atomic mass is 15.2. The Morgan fingerprint density at radius 1 is 0.684 bits per heavy atom. The first kappa shape index (κ1) is 21.6. The van der Waals surface area contributed by atoms with Gasteiger partial charge in [-0.15, -0.1) is 0 Å². The van der Waals surface area contributed by atoms with Gasteiger partial charge in [-0.05, 0) is 103 Å². The van der Waals surface area contributed by atoms with Crippen LogP contribution >= 0.6 is 0 Å². The molecule has 3 aliphatic rings. The van der Waals surface area contributed by atoms with Crippen molar-refractivity contribution < 1.29 is 2.74 Å². The summed E-state index contributed by atoms with van der Waals surface area (Å²) >= 11 is 0. The smallest absolute Gasteiger partial charge is 0.0530 e. The van der Waals surface area contributed by atoms with E-state index in [-0.39, 0.29) is 11.0 Å². The fourth-order valence-corrected chi connectivity index (χ4v) is 6.61. The molecule has 0 saturated heterocycles. The van der Waals surface area contributed by atoms with E-state index in [1.807, 2.05) is 0 Å². The van der Waals surface area contributed by atoms with Crippen LogP contribution in [0, 0.1) is 0 Å². The molecule has 1 nitrogen and oxygen atoms in total. The molecule has 3 aliphatic carbocycles. The Morgan fingerprint density at radius 3 is 2.00 bits per heavy atom. The van der Waals surface area contributed by atoms with Crippen molar-refractivity contribution in [2.45, 2.75) is 83.0 Å². The maximum atomic E-state index is 9.48. The molecule has 2 fully saturated rings. The summed E-state index contributed by atoms with van der Waals surface area (Å²) in [6.45, 7) is 11.5. The van der Waals surface area contributed by atoms with Crippen molar-refractivity contribution in [1.29, 1.82) is 0 Å². The van der Waals surface area contributed by atoms with Crippen LogP contribution in [-0.2, 0) is 5.41 Å². The van der Waals surface area contributed by atoms with Crippen molar-refractivity contribution in [1.82, 2.24) is 0 Å². The van der Waals surface area contributed by atoms with E-state index in [2.05, 4.69) is 124 Å². The lowest BCUT2D eigenvalue weighted by Crippen LogP contribution is -2.39. The molecule has 4 aromatic rings. The first-order valence-electron chi connectivity index (χ1n) is 15.2. The average molecular weight is 500 g/mol. The number of nitrogens with zero attached hydrogens (tertiary/aromatic N) is 1. The van der Waals surface area contributed by atoms with Gasteiger partial charge in [-0.3, -0.25) is 0 Å². The fourth-order valence-electron chi connectivity index (χ4n) is 6.61. The van der Waals surface area contributed by atoms with Crippen LogP contribution in [-0.4, -0.2) is 5.54 Å². The largest absolute Gasteiger partial charge is 0.335 e. The highest BCUT2D eigenvalue weighted by Crippen LogP contribution is 2.57. The Labute approximate surface area is 231 Å². The van der Waals surface area contributed by atoms with Crippen LogP contribution in [0.4, 0.5) is 11.4 Å². The van der Waals surface area contributed by atoms with E-state index in [0.29, 0.717) is 0 Å². The number of benzene rings is 4. The van der Waals surface area contributed by atoms with Crippen LogP contribution < -0.4 is 4.90 Å². The van der Waals surface area contributed by atoms with Gasteiger partial charge < -0.3 is 4.90 Å². The minimum absolute atomic E-state index is 0.108. The normalized spacial score (nSPS) is 20.1. The molecule has 7 rings (SSSR count). The maximum Gasteiger partial charge on any atom is 0.0530 e. The molecule has 0 aromatic heterocycles. The summed E-state index contributed by atoms with van der Waals surface area (Å²) in [5.74, 6) is -1.13. The molecule has 38 heavy (non-hydrogen) atoms. The summed E-state index contributed by atoms with van der Waals surface area (Å²) in [6.07, 6.45) is 3.55. The molecule has 0 heterocycles. The zero-order valence-electron chi connectivity index (χ0n) is 25.4. The first-order valence-corrected chi connectivity index (χ1v) is 14.2. The Hall–Kier alpha value is -3.32. The van der Waals surface area contributed by atoms with Crippen molar-refractivity contribution in [3.63, 3.8) is 0 Å². The van der Waals surface area contributed by atoms with Gasteiger partial charge in [-0.25, -0.2) is 0 Å². The van der Waals surface area contributed by atoms with Gasteiger partial charge in [-0.1, -0.05) is 92.7 Å². The van der Waals surface area contributed by atoms with Crippen molar-refractivity contribution in [3.8, 4) is 22.3 Å². The van der Waals surface area contributed by atoms with Crippen LogP contribution in [0.3, 0.4) is 0 Å². The minimum atomic E-state index is -0.571. The summed E-state index contributed by atoms with van der Waals surface area (Å²) in [4.78, 5) is 2.50. The fraction of sp³-hybridized carbons (Fsp3) is 0.351. The predicted octanol–water partition coefficient (Wildman–Crippen LogP) is 10.4. The molecule has 2 saturated carbocycles. The highest BCUT2D eigenvalue weighted by Gasteiger charge is 2.41. The van der Waals surface area contributed by atoms with E-state index in [9.17, 15) is 2.74 Å². The summed E-state index contributed by atoms with van der Waals surface area (Å²) in [7, 11) is 0. The Balaban J connectivity index is 1.56. The Bertz CT molecular complexity index is 1640. The quantitative estimate of drug-likeness (QED) is 0.264. The standard InChI is InChI=1S/C37H39N/c1-36(2,3)38(35-27(24-12-7-6-8-13-24)15-11-16-28(35)25-18-19-25)34-23-31-29-14-9-10-17-32(29)37(4,5)33(31)22-30(34)26-20-21-26/h6-17,22-23,25-26H,18-21H2,1-5H3/i25D,26D. The van der Waals surface area contributed by atoms with E-state index < -0.39 is 11.8 Å². The van der Waals surface area contributed by atoms with Gasteiger partial charge in [0, 0.05) is 24.9 Å². The van der Waals surface area contributed by atoms with Gasteiger partial charge in [0.1, 0.15) is 0 Å². The molecule has 0 N–H and O–H groups in total. The number of hydrogen-bond donors (Lipinski definition) is 0. The number of hydrogen-bond acceptors (Lipinski definition) is 1. The third-order valence-corrected chi connectivity index (χ3v) is 8.72. The van der Waals surface area contributed by atoms with Crippen molar-refractivity contribution in [2.75, 3.05) is 4.90 Å². The molecule has 4 aromatic carbocycles. The van der Waals surface area contributed by atoms with Gasteiger partial charge in [0.15, 0.2) is 0 Å². The van der Waals surface area contributed by atoms with E-state index in [1.54, 1.807) is 0 Å². The second-order valence-corrected chi connectivity index (χ2v) is 12.9. The molecule has 0 spiro atoms. The van der Waals surface area contributed by atoms with Crippen LogP contribution in [0.1, 0.15) is 97.1 Å². The second-order valence-electron chi connectivity index (χ2n) is 12.9. The van der Waals surface area contributed by atoms with Crippen molar-refractivity contribution in [2.24, 2.45) is 0 Å². The zero-order valence-corrected chi connectivity index (χ0v) is 23.4. The lowest BCUT2D eigenvalue weighted by Gasteiger charge is -2.42.